The van der Waals surface area contributed by atoms with E-state index in [0.29, 0.717) is 0 Å². The molecule has 0 N–H and O–H groups in total. The molecule has 3 heterocycles. The van der Waals surface area contributed by atoms with Crippen molar-refractivity contribution in [1.82, 2.24) is 9.38 Å². The zero-order chi connectivity index (χ0) is 15.8. The van der Waals surface area contributed by atoms with Gasteiger partial charge in [-0.25, -0.2) is 4.98 Å². The molecule has 23 heavy (non-hydrogen) atoms. The van der Waals surface area contributed by atoms with Crippen LogP contribution in [0.4, 0.5) is 5.69 Å². The van der Waals surface area contributed by atoms with Crippen molar-refractivity contribution in [3.8, 4) is 5.75 Å². The fraction of sp³-hybridized carbons (Fsp3) is 0.278. The lowest BCUT2D eigenvalue weighted by Gasteiger charge is -2.32. The summed E-state index contributed by atoms with van der Waals surface area (Å²) in [5.41, 5.74) is 4.63. The zero-order valence-corrected chi connectivity index (χ0v) is 14.6. The van der Waals surface area contributed by atoms with Crippen molar-refractivity contribution in [3.63, 3.8) is 0 Å². The molecular weight excluding hydrogens is 354 g/mol. The second kappa shape index (κ2) is 5.89. The average molecular weight is 372 g/mol. The van der Waals surface area contributed by atoms with Crippen LogP contribution in [0.15, 0.2) is 47.2 Å². The quantitative estimate of drug-likeness (QED) is 0.695. The first-order chi connectivity index (χ1) is 11.2. The number of methoxy groups -OCH3 is 1. The van der Waals surface area contributed by atoms with E-state index in [0.717, 1.165) is 41.1 Å². The molecule has 0 saturated heterocycles. The summed E-state index contributed by atoms with van der Waals surface area (Å²) in [7, 11) is 1.74. The zero-order valence-electron chi connectivity index (χ0n) is 13.0. The Morgan fingerprint density at radius 2 is 2.13 bits per heavy atom. The van der Waals surface area contributed by atoms with E-state index in [1.807, 2.05) is 24.4 Å². The molecule has 1 aliphatic heterocycles. The SMILES string of the molecule is COc1cccc2c1N(Cc1cn3cc(Br)ccc3n1)CCC2. The molecule has 118 valence electrons. The standard InChI is InChI=1S/C18H18BrN3O/c1-23-16-6-2-4-13-5-3-9-21(18(13)16)11-15-12-22-10-14(19)7-8-17(22)20-15/h2,4,6-8,10,12H,3,5,9,11H2,1H3. The number of hydrogen-bond acceptors (Lipinski definition) is 3. The van der Waals surface area contributed by atoms with Gasteiger partial charge in [-0.3, -0.25) is 0 Å². The second-order valence-electron chi connectivity index (χ2n) is 5.84. The van der Waals surface area contributed by atoms with Gasteiger partial charge in [0.1, 0.15) is 11.4 Å². The Morgan fingerprint density at radius 1 is 1.22 bits per heavy atom. The average Bonchev–Trinajstić information content (AvgIpc) is 2.95. The van der Waals surface area contributed by atoms with Crippen LogP contribution < -0.4 is 9.64 Å². The van der Waals surface area contributed by atoms with Crippen LogP contribution in [0.1, 0.15) is 17.7 Å². The van der Waals surface area contributed by atoms with Crippen molar-refractivity contribution < 1.29 is 4.74 Å². The molecule has 1 aliphatic rings. The van der Waals surface area contributed by atoms with Crippen LogP contribution in [0.2, 0.25) is 0 Å². The molecule has 4 nitrogen and oxygen atoms in total. The highest BCUT2D eigenvalue weighted by molar-refractivity contribution is 9.10. The third kappa shape index (κ3) is 2.70. The Bertz CT molecular complexity index is 844. The number of para-hydroxylation sites is 1. The molecule has 0 aliphatic carbocycles. The van der Waals surface area contributed by atoms with Gasteiger partial charge in [0, 0.05) is 23.4 Å². The number of fused-ring (bicyclic) bond motifs is 2. The van der Waals surface area contributed by atoms with Crippen LogP contribution in [0.5, 0.6) is 5.75 Å². The maximum absolute atomic E-state index is 5.58. The van der Waals surface area contributed by atoms with Crippen molar-refractivity contribution >= 4 is 27.3 Å². The number of imidazole rings is 1. The number of halogens is 1. The molecule has 0 bridgehead atoms. The van der Waals surface area contributed by atoms with Crippen LogP contribution in [-0.2, 0) is 13.0 Å². The highest BCUT2D eigenvalue weighted by Crippen LogP contribution is 2.36. The van der Waals surface area contributed by atoms with E-state index >= 15 is 0 Å². The van der Waals surface area contributed by atoms with E-state index in [9.17, 15) is 0 Å². The molecule has 0 spiro atoms. The Labute approximate surface area is 143 Å². The maximum atomic E-state index is 5.58. The van der Waals surface area contributed by atoms with Crippen molar-refractivity contribution in [1.29, 1.82) is 0 Å². The van der Waals surface area contributed by atoms with Gasteiger partial charge in [0.2, 0.25) is 0 Å². The van der Waals surface area contributed by atoms with Crippen molar-refractivity contribution in [2.24, 2.45) is 0 Å². The molecule has 0 saturated carbocycles. The number of nitrogens with zero attached hydrogens (tertiary/aromatic N) is 3. The Hall–Kier alpha value is -2.01. The molecule has 2 aromatic heterocycles. The highest BCUT2D eigenvalue weighted by atomic mass is 79.9. The van der Waals surface area contributed by atoms with Crippen molar-refractivity contribution in [3.05, 3.63) is 58.5 Å². The fourth-order valence-electron chi connectivity index (χ4n) is 3.31. The topological polar surface area (TPSA) is 29.8 Å². The van der Waals surface area contributed by atoms with Gasteiger partial charge in [0.15, 0.2) is 0 Å². The van der Waals surface area contributed by atoms with E-state index in [1.165, 1.54) is 17.7 Å². The summed E-state index contributed by atoms with van der Waals surface area (Å²) in [6, 6.07) is 10.4. The van der Waals surface area contributed by atoms with Crippen LogP contribution in [0.25, 0.3) is 5.65 Å². The molecule has 0 atom stereocenters. The second-order valence-corrected chi connectivity index (χ2v) is 6.75. The molecular formula is C18H18BrN3O. The minimum Gasteiger partial charge on any atom is -0.495 e. The molecule has 0 amide bonds. The molecule has 4 rings (SSSR count). The minimum atomic E-state index is 0.798. The fourth-order valence-corrected chi connectivity index (χ4v) is 3.67. The number of rotatable bonds is 3. The normalized spacial score (nSPS) is 14.1. The van der Waals surface area contributed by atoms with Gasteiger partial charge >= 0.3 is 0 Å². The first-order valence-electron chi connectivity index (χ1n) is 7.78. The molecule has 1 aromatic carbocycles. The minimum absolute atomic E-state index is 0.798. The molecule has 0 radical (unpaired) electrons. The van der Waals surface area contributed by atoms with Gasteiger partial charge in [0.25, 0.3) is 0 Å². The first kappa shape index (κ1) is 14.6. The Balaban J connectivity index is 1.69. The summed E-state index contributed by atoms with van der Waals surface area (Å²) >= 11 is 3.50. The van der Waals surface area contributed by atoms with E-state index < -0.39 is 0 Å². The third-order valence-electron chi connectivity index (χ3n) is 4.31. The van der Waals surface area contributed by atoms with Gasteiger partial charge in [-0.15, -0.1) is 0 Å². The molecule has 0 fully saturated rings. The number of benzene rings is 1. The number of hydrogen-bond donors (Lipinski definition) is 0. The number of aryl methyl sites for hydroxylation is 1. The van der Waals surface area contributed by atoms with Crippen LogP contribution in [-0.4, -0.2) is 23.0 Å². The van der Waals surface area contributed by atoms with Crippen molar-refractivity contribution in [2.75, 3.05) is 18.6 Å². The molecule has 0 unspecified atom stereocenters. The van der Waals surface area contributed by atoms with Gasteiger partial charge in [-0.1, -0.05) is 12.1 Å². The Kier molecular flexibility index (Phi) is 3.73. The monoisotopic (exact) mass is 371 g/mol. The van der Waals surface area contributed by atoms with Crippen LogP contribution in [0, 0.1) is 0 Å². The van der Waals surface area contributed by atoms with E-state index in [-0.39, 0.29) is 0 Å². The molecule has 5 heteroatoms. The van der Waals surface area contributed by atoms with Crippen LogP contribution >= 0.6 is 15.9 Å². The maximum Gasteiger partial charge on any atom is 0.142 e. The van der Waals surface area contributed by atoms with Gasteiger partial charge in [-0.2, -0.15) is 0 Å². The lowest BCUT2D eigenvalue weighted by molar-refractivity contribution is 0.412. The summed E-state index contributed by atoms with van der Waals surface area (Å²) < 4.78 is 8.70. The van der Waals surface area contributed by atoms with Gasteiger partial charge < -0.3 is 14.0 Å². The first-order valence-corrected chi connectivity index (χ1v) is 8.58. The van der Waals surface area contributed by atoms with E-state index in [4.69, 9.17) is 9.72 Å². The van der Waals surface area contributed by atoms with Crippen LogP contribution in [0.3, 0.4) is 0 Å². The van der Waals surface area contributed by atoms with E-state index in [2.05, 4.69) is 43.6 Å². The smallest absolute Gasteiger partial charge is 0.142 e. The summed E-state index contributed by atoms with van der Waals surface area (Å²) in [5.74, 6) is 0.953. The number of ether oxygens (including phenoxy) is 1. The van der Waals surface area contributed by atoms with Gasteiger partial charge in [-0.05, 0) is 52.5 Å². The lowest BCUT2D eigenvalue weighted by Crippen LogP contribution is -2.29. The number of pyridine rings is 1. The number of anilines is 1. The predicted octanol–water partition coefficient (Wildman–Crippen LogP) is 4.06. The summed E-state index contributed by atoms with van der Waals surface area (Å²) in [4.78, 5) is 7.12. The largest absolute Gasteiger partial charge is 0.495 e. The summed E-state index contributed by atoms with van der Waals surface area (Å²) in [5, 5.41) is 0. The lowest BCUT2D eigenvalue weighted by atomic mass is 10.0. The van der Waals surface area contributed by atoms with E-state index in [1.54, 1.807) is 7.11 Å². The predicted molar refractivity (Wildman–Crippen MR) is 95.3 cm³/mol. The molecule has 3 aromatic rings. The van der Waals surface area contributed by atoms with Gasteiger partial charge in [0.05, 0.1) is 25.0 Å². The third-order valence-corrected chi connectivity index (χ3v) is 4.78. The Morgan fingerprint density at radius 3 is 3.00 bits per heavy atom. The highest BCUT2D eigenvalue weighted by Gasteiger charge is 2.21. The summed E-state index contributed by atoms with van der Waals surface area (Å²) in [6.45, 7) is 1.83. The number of aromatic nitrogens is 2. The van der Waals surface area contributed by atoms with Crippen molar-refractivity contribution in [2.45, 2.75) is 19.4 Å². The summed E-state index contributed by atoms with van der Waals surface area (Å²) in [6.07, 6.45) is 6.42.